The van der Waals surface area contributed by atoms with E-state index in [4.69, 9.17) is 0 Å². The number of urea groups is 1. The molecule has 1 N–H and O–H groups in total. The van der Waals surface area contributed by atoms with Crippen LogP contribution in [0.1, 0.15) is 39.1 Å². The van der Waals surface area contributed by atoms with Crippen molar-refractivity contribution in [2.45, 2.75) is 25.4 Å². The van der Waals surface area contributed by atoms with E-state index < -0.39 is 5.60 Å². The Bertz CT molecular complexity index is 732. The minimum Gasteiger partial charge on any atom is -0.389 e. The van der Waals surface area contributed by atoms with Crippen LogP contribution in [-0.4, -0.2) is 83.4 Å². The molecular formula is C18H25N3O4S. The quantitative estimate of drug-likeness (QED) is 0.790. The molecule has 0 saturated carbocycles. The summed E-state index contributed by atoms with van der Waals surface area (Å²) in [6, 6.07) is 3.30. The highest BCUT2D eigenvalue weighted by molar-refractivity contribution is 7.15. The van der Waals surface area contributed by atoms with E-state index in [0.29, 0.717) is 48.8 Å². The van der Waals surface area contributed by atoms with Gasteiger partial charge in [-0.05, 0) is 31.9 Å². The van der Waals surface area contributed by atoms with Gasteiger partial charge in [-0.25, -0.2) is 4.79 Å². The number of carbonyl (C=O) groups is 3. The Kier molecular flexibility index (Phi) is 5.07. The van der Waals surface area contributed by atoms with Crippen LogP contribution in [0.25, 0.3) is 0 Å². The van der Waals surface area contributed by atoms with Crippen LogP contribution < -0.4 is 0 Å². The first-order valence-electron chi connectivity index (χ1n) is 8.80. The maximum Gasteiger partial charge on any atom is 0.319 e. The lowest BCUT2D eigenvalue weighted by atomic mass is 9.75. The number of thiophene rings is 1. The third kappa shape index (κ3) is 3.48. The van der Waals surface area contributed by atoms with Gasteiger partial charge in [0, 0.05) is 46.2 Å². The fraction of sp³-hybridized carbons (Fsp3) is 0.611. The van der Waals surface area contributed by atoms with Crippen LogP contribution in [0.15, 0.2) is 12.1 Å². The number of aliphatic hydroxyl groups is 1. The molecule has 142 valence electrons. The Balaban J connectivity index is 1.72. The summed E-state index contributed by atoms with van der Waals surface area (Å²) in [7, 11) is 3.42. The van der Waals surface area contributed by atoms with Crippen LogP contribution in [0, 0.1) is 5.92 Å². The fourth-order valence-electron chi connectivity index (χ4n) is 3.74. The highest BCUT2D eigenvalue weighted by Crippen LogP contribution is 2.36. The van der Waals surface area contributed by atoms with E-state index in [2.05, 4.69) is 0 Å². The van der Waals surface area contributed by atoms with Crippen molar-refractivity contribution >= 4 is 29.1 Å². The Morgan fingerprint density at radius 3 is 2.27 bits per heavy atom. The zero-order valence-electron chi connectivity index (χ0n) is 15.4. The first-order valence-corrected chi connectivity index (χ1v) is 9.61. The molecule has 2 aliphatic heterocycles. The molecular weight excluding hydrogens is 354 g/mol. The number of hydrogen-bond acceptors (Lipinski definition) is 5. The number of carbonyl (C=O) groups excluding carboxylic acids is 3. The highest BCUT2D eigenvalue weighted by Gasteiger charge is 2.47. The van der Waals surface area contributed by atoms with Crippen LogP contribution >= 0.6 is 11.3 Å². The van der Waals surface area contributed by atoms with Gasteiger partial charge >= 0.3 is 6.03 Å². The van der Waals surface area contributed by atoms with E-state index in [1.807, 2.05) is 0 Å². The molecule has 3 rings (SSSR count). The number of fused-ring (bicyclic) bond motifs is 1. The van der Waals surface area contributed by atoms with Gasteiger partial charge in [-0.3, -0.25) is 9.59 Å². The predicted molar refractivity (Wildman–Crippen MR) is 98.6 cm³/mol. The van der Waals surface area contributed by atoms with Gasteiger partial charge in [0.2, 0.25) is 0 Å². The summed E-state index contributed by atoms with van der Waals surface area (Å²) in [5.74, 6) is -0.321. The van der Waals surface area contributed by atoms with E-state index in [1.54, 1.807) is 36.0 Å². The van der Waals surface area contributed by atoms with Crippen LogP contribution in [0.2, 0.25) is 0 Å². The molecule has 1 aromatic rings. The standard InChI is InChI=1S/C18H25N3O4S/c1-12(22)14-4-5-15(26-14)16(23)20-8-6-18(25)7-9-21(11-13(18)10-20)17(24)19(2)3/h4-5,13,25H,6-11H2,1-3H3/t13-,18-/m0/s1. The molecule has 0 bridgehead atoms. The lowest BCUT2D eigenvalue weighted by Crippen LogP contribution is -2.62. The van der Waals surface area contributed by atoms with Crippen molar-refractivity contribution in [3.8, 4) is 0 Å². The average molecular weight is 379 g/mol. The summed E-state index contributed by atoms with van der Waals surface area (Å²) in [4.78, 5) is 42.6. The van der Waals surface area contributed by atoms with Crippen molar-refractivity contribution in [2.24, 2.45) is 5.92 Å². The van der Waals surface area contributed by atoms with E-state index in [9.17, 15) is 19.5 Å². The Labute approximate surface area is 157 Å². The van der Waals surface area contributed by atoms with Crippen LogP contribution in [-0.2, 0) is 0 Å². The minimum absolute atomic E-state index is 0.0489. The van der Waals surface area contributed by atoms with Crippen molar-refractivity contribution < 1.29 is 19.5 Å². The van der Waals surface area contributed by atoms with E-state index in [1.165, 1.54) is 23.2 Å². The smallest absolute Gasteiger partial charge is 0.319 e. The number of likely N-dealkylation sites (tertiary alicyclic amines) is 2. The summed E-state index contributed by atoms with van der Waals surface area (Å²) in [6.45, 7) is 3.37. The average Bonchev–Trinajstić information content (AvgIpc) is 3.09. The van der Waals surface area contributed by atoms with Gasteiger partial charge in [0.15, 0.2) is 5.78 Å². The first-order chi connectivity index (χ1) is 12.2. The summed E-state index contributed by atoms with van der Waals surface area (Å²) < 4.78 is 0. The second-order valence-electron chi connectivity index (χ2n) is 7.39. The van der Waals surface area contributed by atoms with Gasteiger partial charge < -0.3 is 19.8 Å². The molecule has 0 spiro atoms. The number of nitrogens with zero attached hydrogens (tertiary/aromatic N) is 3. The van der Waals surface area contributed by atoms with E-state index in [-0.39, 0.29) is 23.6 Å². The summed E-state index contributed by atoms with van der Waals surface area (Å²) in [6.07, 6.45) is 1.05. The molecule has 26 heavy (non-hydrogen) atoms. The third-order valence-electron chi connectivity index (χ3n) is 5.37. The number of amides is 3. The lowest BCUT2D eigenvalue weighted by molar-refractivity contribution is -0.100. The highest BCUT2D eigenvalue weighted by atomic mass is 32.1. The van der Waals surface area contributed by atoms with E-state index >= 15 is 0 Å². The number of hydrogen-bond donors (Lipinski definition) is 1. The molecule has 0 radical (unpaired) electrons. The molecule has 0 unspecified atom stereocenters. The van der Waals surface area contributed by atoms with Crippen molar-refractivity contribution in [3.63, 3.8) is 0 Å². The molecule has 0 aliphatic carbocycles. The molecule has 2 aliphatic rings. The van der Waals surface area contributed by atoms with Gasteiger partial charge in [-0.15, -0.1) is 11.3 Å². The molecule has 0 aromatic carbocycles. The summed E-state index contributed by atoms with van der Waals surface area (Å²) >= 11 is 1.21. The SMILES string of the molecule is CC(=O)c1ccc(C(=O)N2CC[C@]3(O)CCN(C(=O)N(C)C)C[C@@H]3C2)s1. The van der Waals surface area contributed by atoms with Crippen molar-refractivity contribution in [3.05, 3.63) is 21.9 Å². The van der Waals surface area contributed by atoms with Gasteiger partial charge in [0.1, 0.15) is 0 Å². The lowest BCUT2D eigenvalue weighted by Gasteiger charge is -2.50. The Morgan fingerprint density at radius 1 is 1.12 bits per heavy atom. The van der Waals surface area contributed by atoms with Crippen LogP contribution in [0.4, 0.5) is 4.79 Å². The second-order valence-corrected chi connectivity index (χ2v) is 8.48. The Hall–Kier alpha value is -1.93. The number of rotatable bonds is 2. The third-order valence-corrected chi connectivity index (χ3v) is 6.55. The molecule has 7 nitrogen and oxygen atoms in total. The van der Waals surface area contributed by atoms with Gasteiger partial charge in [-0.2, -0.15) is 0 Å². The van der Waals surface area contributed by atoms with Gasteiger partial charge in [0.25, 0.3) is 5.91 Å². The summed E-state index contributed by atoms with van der Waals surface area (Å²) in [5, 5.41) is 10.9. The maximum atomic E-state index is 12.8. The van der Waals surface area contributed by atoms with Crippen molar-refractivity contribution in [1.82, 2.24) is 14.7 Å². The second kappa shape index (κ2) is 7.00. The molecule has 2 saturated heterocycles. The largest absolute Gasteiger partial charge is 0.389 e. The van der Waals surface area contributed by atoms with E-state index in [0.717, 1.165) is 0 Å². The number of Topliss-reactive ketones (excluding diaryl/α,β-unsaturated/α-hetero) is 1. The monoisotopic (exact) mass is 379 g/mol. The molecule has 3 heterocycles. The zero-order valence-corrected chi connectivity index (χ0v) is 16.2. The van der Waals surface area contributed by atoms with Gasteiger partial charge in [0.05, 0.1) is 15.4 Å². The normalized spacial score (nSPS) is 25.6. The molecule has 3 amide bonds. The molecule has 8 heteroatoms. The number of piperidine rings is 2. The molecule has 1 aromatic heterocycles. The van der Waals surface area contributed by atoms with Crippen molar-refractivity contribution in [1.29, 1.82) is 0 Å². The number of ketones is 1. The first kappa shape index (κ1) is 18.8. The minimum atomic E-state index is -0.820. The Morgan fingerprint density at radius 2 is 1.69 bits per heavy atom. The molecule has 2 fully saturated rings. The zero-order chi connectivity index (χ0) is 19.1. The van der Waals surface area contributed by atoms with Crippen LogP contribution in [0.5, 0.6) is 0 Å². The van der Waals surface area contributed by atoms with Crippen LogP contribution in [0.3, 0.4) is 0 Å². The van der Waals surface area contributed by atoms with Crippen molar-refractivity contribution in [2.75, 3.05) is 40.3 Å². The predicted octanol–water partition coefficient (Wildman–Crippen LogP) is 1.53. The fourth-order valence-corrected chi connectivity index (χ4v) is 4.61. The summed E-state index contributed by atoms with van der Waals surface area (Å²) in [5.41, 5.74) is -0.820. The maximum absolute atomic E-state index is 12.8. The topological polar surface area (TPSA) is 81.2 Å². The van der Waals surface area contributed by atoms with Gasteiger partial charge in [-0.1, -0.05) is 0 Å². The molecule has 2 atom stereocenters.